The van der Waals surface area contributed by atoms with E-state index in [2.05, 4.69) is 26.1 Å². The van der Waals surface area contributed by atoms with Gasteiger partial charge in [-0.25, -0.2) is 0 Å². The Bertz CT molecular complexity index is 954. The Labute approximate surface area is 201 Å². The molecule has 0 fully saturated rings. The second kappa shape index (κ2) is 11.1. The zero-order chi connectivity index (χ0) is 24.1. The minimum Gasteiger partial charge on any atom is -0.483 e. The van der Waals surface area contributed by atoms with E-state index in [1.54, 1.807) is 25.1 Å². The zero-order valence-electron chi connectivity index (χ0n) is 19.5. The largest absolute Gasteiger partial charge is 0.483 e. The lowest BCUT2D eigenvalue weighted by Crippen LogP contribution is -2.50. The molecule has 0 saturated heterocycles. The van der Waals surface area contributed by atoms with Gasteiger partial charge in [0.05, 0.1) is 10.0 Å². The Hall–Kier alpha value is -2.24. The standard InChI is InChI=1S/C25H32Cl2N2O3/c1-16(2)28-24(31)17(3)29(14-18-11-12-20(26)21(27)13-18)23(30)15-32-22-10-8-7-9-19(22)25(4,5)6/h7-13,16-17H,14-15H2,1-6H3,(H,28,31)/t17-/m0/s1. The minimum absolute atomic E-state index is 0.0400. The number of amides is 2. The summed E-state index contributed by atoms with van der Waals surface area (Å²) in [6.07, 6.45) is 0. The van der Waals surface area contributed by atoms with Crippen molar-refractivity contribution >= 4 is 35.0 Å². The Kier molecular flexibility index (Phi) is 8.99. The third-order valence-corrected chi connectivity index (χ3v) is 5.72. The molecule has 1 N–H and O–H groups in total. The van der Waals surface area contributed by atoms with Crippen molar-refractivity contribution in [3.8, 4) is 5.75 Å². The number of nitrogens with zero attached hydrogens (tertiary/aromatic N) is 1. The van der Waals surface area contributed by atoms with Gasteiger partial charge in [-0.2, -0.15) is 0 Å². The van der Waals surface area contributed by atoms with Gasteiger partial charge in [0, 0.05) is 12.6 Å². The van der Waals surface area contributed by atoms with Gasteiger partial charge in [0.2, 0.25) is 5.91 Å². The first kappa shape index (κ1) is 26.0. The lowest BCUT2D eigenvalue weighted by Gasteiger charge is -2.30. The molecule has 0 aliphatic rings. The topological polar surface area (TPSA) is 58.6 Å². The first-order valence-electron chi connectivity index (χ1n) is 10.7. The second-order valence-corrected chi connectivity index (χ2v) is 9.96. The lowest BCUT2D eigenvalue weighted by atomic mass is 9.86. The molecule has 0 aromatic heterocycles. The van der Waals surface area contributed by atoms with E-state index in [-0.39, 0.29) is 36.4 Å². The number of carbonyl (C=O) groups is 2. The molecule has 0 spiro atoms. The highest BCUT2D eigenvalue weighted by molar-refractivity contribution is 6.42. The van der Waals surface area contributed by atoms with E-state index in [1.165, 1.54) is 4.90 Å². The molecule has 32 heavy (non-hydrogen) atoms. The molecule has 5 nitrogen and oxygen atoms in total. The molecule has 174 valence electrons. The van der Waals surface area contributed by atoms with Crippen molar-refractivity contribution in [2.45, 2.75) is 65.6 Å². The summed E-state index contributed by atoms with van der Waals surface area (Å²) in [5.41, 5.74) is 1.64. The van der Waals surface area contributed by atoms with E-state index in [0.29, 0.717) is 15.8 Å². The summed E-state index contributed by atoms with van der Waals surface area (Å²) in [5.74, 6) is 0.122. The smallest absolute Gasteiger partial charge is 0.261 e. The maximum atomic E-state index is 13.2. The quantitative estimate of drug-likeness (QED) is 0.535. The van der Waals surface area contributed by atoms with Crippen LogP contribution in [0.2, 0.25) is 10.0 Å². The van der Waals surface area contributed by atoms with Crippen LogP contribution in [0.4, 0.5) is 0 Å². The first-order valence-corrected chi connectivity index (χ1v) is 11.4. The average molecular weight is 479 g/mol. The predicted octanol–water partition coefficient (Wildman–Crippen LogP) is 5.61. The van der Waals surface area contributed by atoms with E-state index >= 15 is 0 Å². The summed E-state index contributed by atoms with van der Waals surface area (Å²) in [6.45, 7) is 11.7. The summed E-state index contributed by atoms with van der Waals surface area (Å²) in [5, 5.41) is 3.69. The molecule has 0 unspecified atom stereocenters. The van der Waals surface area contributed by atoms with Crippen molar-refractivity contribution in [2.24, 2.45) is 0 Å². The average Bonchev–Trinajstić information content (AvgIpc) is 2.71. The van der Waals surface area contributed by atoms with Crippen LogP contribution in [-0.2, 0) is 21.5 Å². The van der Waals surface area contributed by atoms with Gasteiger partial charge in [0.1, 0.15) is 11.8 Å². The number of halogens is 2. The predicted molar refractivity (Wildman–Crippen MR) is 130 cm³/mol. The van der Waals surface area contributed by atoms with Gasteiger partial charge in [-0.1, -0.05) is 68.2 Å². The van der Waals surface area contributed by atoms with Crippen molar-refractivity contribution in [3.05, 3.63) is 63.6 Å². The van der Waals surface area contributed by atoms with Crippen LogP contribution in [0, 0.1) is 0 Å². The molecule has 0 aliphatic heterocycles. The van der Waals surface area contributed by atoms with Gasteiger partial charge >= 0.3 is 0 Å². The molecule has 0 radical (unpaired) electrons. The van der Waals surface area contributed by atoms with Crippen LogP contribution in [0.5, 0.6) is 5.75 Å². The van der Waals surface area contributed by atoms with Crippen molar-refractivity contribution < 1.29 is 14.3 Å². The lowest BCUT2D eigenvalue weighted by molar-refractivity contribution is -0.142. The molecule has 0 bridgehead atoms. The molecule has 1 atom stereocenters. The van der Waals surface area contributed by atoms with Crippen LogP contribution < -0.4 is 10.1 Å². The Morgan fingerprint density at radius 1 is 1.03 bits per heavy atom. The molecule has 2 aromatic rings. The SMILES string of the molecule is CC(C)NC(=O)[C@H](C)N(Cc1ccc(Cl)c(Cl)c1)C(=O)COc1ccccc1C(C)(C)C. The molecule has 7 heteroatoms. The number of nitrogens with one attached hydrogen (secondary N) is 1. The number of hydrogen-bond acceptors (Lipinski definition) is 3. The van der Waals surface area contributed by atoms with Crippen molar-refractivity contribution in [3.63, 3.8) is 0 Å². The van der Waals surface area contributed by atoms with Crippen LogP contribution in [0.25, 0.3) is 0 Å². The highest BCUT2D eigenvalue weighted by Crippen LogP contribution is 2.31. The van der Waals surface area contributed by atoms with E-state index < -0.39 is 6.04 Å². The molecular weight excluding hydrogens is 447 g/mol. The number of para-hydroxylation sites is 1. The van der Waals surface area contributed by atoms with Gasteiger partial charge in [0.25, 0.3) is 5.91 Å². The summed E-state index contributed by atoms with van der Waals surface area (Å²) in [4.78, 5) is 27.4. The number of ether oxygens (including phenoxy) is 1. The fraction of sp³-hybridized carbons (Fsp3) is 0.440. The second-order valence-electron chi connectivity index (χ2n) is 9.14. The maximum absolute atomic E-state index is 13.2. The number of carbonyl (C=O) groups excluding carboxylic acids is 2. The van der Waals surface area contributed by atoms with Crippen molar-refractivity contribution in [1.29, 1.82) is 0 Å². The third kappa shape index (κ3) is 7.14. The van der Waals surface area contributed by atoms with Crippen molar-refractivity contribution in [2.75, 3.05) is 6.61 Å². The van der Waals surface area contributed by atoms with Gasteiger partial charge in [-0.3, -0.25) is 9.59 Å². The molecule has 0 saturated carbocycles. The highest BCUT2D eigenvalue weighted by Gasteiger charge is 2.27. The fourth-order valence-electron chi connectivity index (χ4n) is 3.26. The summed E-state index contributed by atoms with van der Waals surface area (Å²) < 4.78 is 5.93. The van der Waals surface area contributed by atoms with Crippen LogP contribution in [0.3, 0.4) is 0 Å². The third-order valence-electron chi connectivity index (χ3n) is 4.98. The van der Waals surface area contributed by atoms with E-state index in [9.17, 15) is 9.59 Å². The van der Waals surface area contributed by atoms with Crippen LogP contribution in [0.1, 0.15) is 52.7 Å². The van der Waals surface area contributed by atoms with Gasteiger partial charge in [0.15, 0.2) is 6.61 Å². The summed E-state index contributed by atoms with van der Waals surface area (Å²) in [7, 11) is 0. The number of benzene rings is 2. The van der Waals surface area contributed by atoms with Crippen LogP contribution in [0.15, 0.2) is 42.5 Å². The molecule has 0 heterocycles. The Balaban J connectivity index is 2.25. The van der Waals surface area contributed by atoms with Crippen molar-refractivity contribution in [1.82, 2.24) is 10.2 Å². The van der Waals surface area contributed by atoms with Gasteiger partial charge in [-0.05, 0) is 55.5 Å². The van der Waals surface area contributed by atoms with E-state index in [1.807, 2.05) is 38.1 Å². The zero-order valence-corrected chi connectivity index (χ0v) is 21.1. The molecule has 0 aliphatic carbocycles. The minimum atomic E-state index is -0.694. The van der Waals surface area contributed by atoms with E-state index in [4.69, 9.17) is 27.9 Å². The summed E-state index contributed by atoms with van der Waals surface area (Å²) in [6, 6.07) is 12.1. The molecule has 2 aromatic carbocycles. The Morgan fingerprint density at radius 2 is 1.69 bits per heavy atom. The number of hydrogen-bond donors (Lipinski definition) is 1. The molecular formula is C25H32Cl2N2O3. The maximum Gasteiger partial charge on any atom is 0.261 e. The Morgan fingerprint density at radius 3 is 2.28 bits per heavy atom. The fourth-order valence-corrected chi connectivity index (χ4v) is 3.58. The van der Waals surface area contributed by atoms with E-state index in [0.717, 1.165) is 11.1 Å². The highest BCUT2D eigenvalue weighted by atomic mass is 35.5. The molecule has 2 rings (SSSR count). The summed E-state index contributed by atoms with van der Waals surface area (Å²) >= 11 is 12.2. The van der Waals surface area contributed by atoms with Gasteiger partial charge in [-0.15, -0.1) is 0 Å². The van der Waals surface area contributed by atoms with Gasteiger partial charge < -0.3 is 15.0 Å². The first-order chi connectivity index (χ1) is 14.9. The van der Waals surface area contributed by atoms with Crippen LogP contribution in [-0.4, -0.2) is 35.4 Å². The number of rotatable bonds is 8. The normalized spacial score (nSPS) is 12.4. The monoisotopic (exact) mass is 478 g/mol. The van der Waals surface area contributed by atoms with Crippen LogP contribution >= 0.6 is 23.2 Å². The molecule has 2 amide bonds.